The van der Waals surface area contributed by atoms with E-state index in [0.717, 1.165) is 16.7 Å². The van der Waals surface area contributed by atoms with E-state index in [0.29, 0.717) is 16.4 Å². The molecule has 1 heterocycles. The summed E-state index contributed by atoms with van der Waals surface area (Å²) in [5.41, 5.74) is 4.10. The Hall–Kier alpha value is -2.57. The van der Waals surface area contributed by atoms with E-state index < -0.39 is 10.2 Å². The lowest BCUT2D eigenvalue weighted by atomic mass is 10.0. The number of aryl methyl sites for hydroxylation is 1. The second-order valence-electron chi connectivity index (χ2n) is 5.82. The summed E-state index contributed by atoms with van der Waals surface area (Å²) in [4.78, 5) is 4.14. The number of halogens is 1. The van der Waals surface area contributed by atoms with Gasteiger partial charge in [0.15, 0.2) is 0 Å². The molecule has 0 fully saturated rings. The molecule has 0 saturated heterocycles. The maximum Gasteiger partial charge on any atom is 0.323 e. The average molecular weight is 388 g/mol. The van der Waals surface area contributed by atoms with E-state index in [2.05, 4.69) is 9.71 Å². The minimum Gasteiger partial charge on any atom is -0.267 e. The van der Waals surface area contributed by atoms with Gasteiger partial charge in [-0.2, -0.15) is 8.42 Å². The second-order valence-corrected chi connectivity index (χ2v) is 7.96. The van der Waals surface area contributed by atoms with Crippen LogP contribution in [-0.4, -0.2) is 20.4 Å². The highest BCUT2D eigenvalue weighted by Gasteiger charge is 2.18. The fraction of sp³-hybridized carbons (Fsp3) is 0.105. The fourth-order valence-corrected chi connectivity index (χ4v) is 3.59. The summed E-state index contributed by atoms with van der Waals surface area (Å²) in [7, 11) is -2.25. The maximum atomic E-state index is 12.6. The van der Waals surface area contributed by atoms with E-state index in [4.69, 9.17) is 11.6 Å². The van der Waals surface area contributed by atoms with Gasteiger partial charge in [-0.05, 0) is 60.5 Å². The number of anilines is 2. The summed E-state index contributed by atoms with van der Waals surface area (Å²) >= 11 is 5.85. The summed E-state index contributed by atoms with van der Waals surface area (Å²) in [6, 6.07) is 15.7. The highest BCUT2D eigenvalue weighted by molar-refractivity contribution is 7.94. The van der Waals surface area contributed by atoms with Crippen LogP contribution in [-0.2, 0) is 10.2 Å². The van der Waals surface area contributed by atoms with Gasteiger partial charge in [-0.1, -0.05) is 23.7 Å². The van der Waals surface area contributed by atoms with Crippen molar-refractivity contribution in [2.24, 2.45) is 0 Å². The molecule has 0 saturated carbocycles. The third-order valence-corrected chi connectivity index (χ3v) is 5.71. The zero-order chi connectivity index (χ0) is 18.7. The van der Waals surface area contributed by atoms with Crippen LogP contribution in [0.2, 0.25) is 5.02 Å². The molecule has 26 heavy (non-hydrogen) atoms. The lowest BCUT2D eigenvalue weighted by Gasteiger charge is -2.20. The average Bonchev–Trinajstić information content (AvgIpc) is 2.63. The molecule has 0 radical (unpaired) electrons. The number of pyridine rings is 1. The van der Waals surface area contributed by atoms with E-state index in [1.165, 1.54) is 11.4 Å². The SMILES string of the molecule is Cc1ccncc1-c1ccc(NS(=O)(=O)N(C)c2ccc(Cl)cc2)cc1. The number of hydrogen-bond donors (Lipinski definition) is 1. The number of benzene rings is 2. The van der Waals surface area contributed by atoms with Crippen LogP contribution in [0.4, 0.5) is 11.4 Å². The van der Waals surface area contributed by atoms with Crippen LogP contribution in [0.3, 0.4) is 0 Å². The van der Waals surface area contributed by atoms with Crippen LogP contribution in [0.15, 0.2) is 67.0 Å². The molecule has 0 bridgehead atoms. The Labute approximate surface area is 158 Å². The van der Waals surface area contributed by atoms with Crippen LogP contribution in [0.25, 0.3) is 11.1 Å². The van der Waals surface area contributed by atoms with Crippen molar-refractivity contribution in [2.45, 2.75) is 6.92 Å². The quantitative estimate of drug-likeness (QED) is 0.700. The Morgan fingerprint density at radius 1 is 1.00 bits per heavy atom. The second kappa shape index (κ2) is 7.35. The van der Waals surface area contributed by atoms with E-state index in [9.17, 15) is 8.42 Å². The van der Waals surface area contributed by atoms with Crippen LogP contribution >= 0.6 is 11.6 Å². The molecule has 0 aliphatic carbocycles. The lowest BCUT2D eigenvalue weighted by molar-refractivity contribution is 0.599. The normalized spacial score (nSPS) is 11.2. The molecule has 0 atom stereocenters. The Morgan fingerprint density at radius 2 is 1.65 bits per heavy atom. The third kappa shape index (κ3) is 3.98. The number of nitrogens with one attached hydrogen (secondary N) is 1. The number of aromatic nitrogens is 1. The van der Waals surface area contributed by atoms with E-state index >= 15 is 0 Å². The fourth-order valence-electron chi connectivity index (χ4n) is 2.49. The van der Waals surface area contributed by atoms with Gasteiger partial charge in [-0.15, -0.1) is 0 Å². The minimum absolute atomic E-state index is 0.483. The monoisotopic (exact) mass is 387 g/mol. The summed E-state index contributed by atoms with van der Waals surface area (Å²) in [5.74, 6) is 0. The Balaban J connectivity index is 1.80. The molecule has 134 valence electrons. The molecule has 0 spiro atoms. The van der Waals surface area contributed by atoms with Crippen LogP contribution in [0.5, 0.6) is 0 Å². The maximum absolute atomic E-state index is 12.6. The van der Waals surface area contributed by atoms with Gasteiger partial charge >= 0.3 is 10.2 Å². The molecule has 0 aliphatic heterocycles. The van der Waals surface area contributed by atoms with Gasteiger partial charge < -0.3 is 0 Å². The molecule has 7 heteroatoms. The molecule has 5 nitrogen and oxygen atoms in total. The molecule has 1 aromatic heterocycles. The third-order valence-electron chi connectivity index (χ3n) is 4.03. The molecule has 1 N–H and O–H groups in total. The standard InChI is InChI=1S/C19H18ClN3O2S/c1-14-11-12-21-13-19(14)15-3-7-17(8-4-15)22-26(24,25)23(2)18-9-5-16(20)6-10-18/h3-13,22H,1-2H3. The van der Waals surface area contributed by atoms with Crippen molar-refractivity contribution in [2.75, 3.05) is 16.1 Å². The molecule has 2 aromatic carbocycles. The van der Waals surface area contributed by atoms with Gasteiger partial charge in [0, 0.05) is 30.0 Å². The van der Waals surface area contributed by atoms with Gasteiger partial charge in [-0.3, -0.25) is 14.0 Å². The van der Waals surface area contributed by atoms with Crippen LogP contribution in [0.1, 0.15) is 5.56 Å². The summed E-state index contributed by atoms with van der Waals surface area (Å²) in [5, 5.41) is 0.550. The molecule has 0 unspecified atom stereocenters. The van der Waals surface area contributed by atoms with Crippen molar-refractivity contribution in [3.63, 3.8) is 0 Å². The minimum atomic E-state index is -3.74. The predicted octanol–water partition coefficient (Wildman–Crippen LogP) is 4.50. The van der Waals surface area contributed by atoms with Crippen LogP contribution < -0.4 is 9.03 Å². The van der Waals surface area contributed by atoms with E-state index in [-0.39, 0.29) is 0 Å². The Morgan fingerprint density at radius 3 is 2.27 bits per heavy atom. The summed E-state index contributed by atoms with van der Waals surface area (Å²) in [6.07, 6.45) is 3.54. The highest BCUT2D eigenvalue weighted by atomic mass is 35.5. The number of hydrogen-bond acceptors (Lipinski definition) is 3. The summed E-state index contributed by atoms with van der Waals surface area (Å²) < 4.78 is 28.9. The van der Waals surface area contributed by atoms with E-state index in [1.54, 1.807) is 48.8 Å². The smallest absolute Gasteiger partial charge is 0.267 e. The Kier molecular flexibility index (Phi) is 5.15. The number of nitrogens with zero attached hydrogens (tertiary/aromatic N) is 2. The molecule has 0 aliphatic rings. The molecule has 3 aromatic rings. The molecule has 0 amide bonds. The first-order valence-corrected chi connectivity index (χ1v) is 9.72. The van der Waals surface area contributed by atoms with Gasteiger partial charge in [-0.25, -0.2) is 0 Å². The first-order valence-electron chi connectivity index (χ1n) is 7.90. The summed E-state index contributed by atoms with van der Waals surface area (Å²) in [6.45, 7) is 2.01. The molecule has 3 rings (SSSR count). The Bertz CT molecular complexity index is 1000. The zero-order valence-corrected chi connectivity index (χ0v) is 15.9. The van der Waals surface area contributed by atoms with E-state index in [1.807, 2.05) is 25.1 Å². The van der Waals surface area contributed by atoms with Crippen molar-refractivity contribution in [3.05, 3.63) is 77.6 Å². The van der Waals surface area contributed by atoms with Gasteiger partial charge in [0.25, 0.3) is 0 Å². The first kappa shape index (κ1) is 18.2. The van der Waals surface area contributed by atoms with Crippen molar-refractivity contribution < 1.29 is 8.42 Å². The molecular formula is C19H18ClN3O2S. The highest BCUT2D eigenvalue weighted by Crippen LogP contribution is 2.25. The van der Waals surface area contributed by atoms with Gasteiger partial charge in [0.05, 0.1) is 11.4 Å². The van der Waals surface area contributed by atoms with Crippen molar-refractivity contribution in [1.82, 2.24) is 4.98 Å². The lowest BCUT2D eigenvalue weighted by Crippen LogP contribution is -2.32. The predicted molar refractivity (Wildman–Crippen MR) is 107 cm³/mol. The topological polar surface area (TPSA) is 62.3 Å². The van der Waals surface area contributed by atoms with Gasteiger partial charge in [0.1, 0.15) is 0 Å². The number of rotatable bonds is 5. The van der Waals surface area contributed by atoms with Crippen LogP contribution in [0, 0.1) is 6.92 Å². The van der Waals surface area contributed by atoms with Crippen molar-refractivity contribution >= 4 is 33.2 Å². The van der Waals surface area contributed by atoms with Crippen molar-refractivity contribution in [1.29, 1.82) is 0 Å². The largest absolute Gasteiger partial charge is 0.323 e. The van der Waals surface area contributed by atoms with Gasteiger partial charge in [0.2, 0.25) is 0 Å². The van der Waals surface area contributed by atoms with Crippen molar-refractivity contribution in [3.8, 4) is 11.1 Å². The molecular weight excluding hydrogens is 370 g/mol. The zero-order valence-electron chi connectivity index (χ0n) is 14.3. The first-order chi connectivity index (χ1) is 12.4.